The van der Waals surface area contributed by atoms with E-state index in [4.69, 9.17) is 0 Å². The van der Waals surface area contributed by atoms with Gasteiger partial charge in [-0.15, -0.1) is 0 Å². The smallest absolute Gasteiger partial charge is 0.253 e. The Kier molecular flexibility index (Phi) is 3.76. The average molecular weight is 270 g/mol. The van der Waals surface area contributed by atoms with Gasteiger partial charge in [-0.05, 0) is 37.0 Å². The van der Waals surface area contributed by atoms with Gasteiger partial charge < -0.3 is 4.90 Å². The molecular weight excluding hydrogens is 252 g/mol. The van der Waals surface area contributed by atoms with E-state index in [9.17, 15) is 4.79 Å². The lowest BCUT2D eigenvalue weighted by molar-refractivity contribution is 0.0681. The van der Waals surface area contributed by atoms with Crippen LogP contribution in [0.3, 0.4) is 0 Å². The van der Waals surface area contributed by atoms with Gasteiger partial charge in [-0.3, -0.25) is 14.5 Å². The van der Waals surface area contributed by atoms with Crippen molar-refractivity contribution in [2.75, 3.05) is 13.1 Å². The molecule has 1 aliphatic rings. The van der Waals surface area contributed by atoms with Crippen molar-refractivity contribution in [1.82, 2.24) is 19.7 Å². The summed E-state index contributed by atoms with van der Waals surface area (Å²) in [4.78, 5) is 18.2. The molecule has 1 amide bonds. The fraction of sp³-hybridized carbons (Fsp3) is 0.400. The Morgan fingerprint density at radius 3 is 2.60 bits per heavy atom. The van der Waals surface area contributed by atoms with Crippen molar-refractivity contribution in [3.05, 3.63) is 48.5 Å². The van der Waals surface area contributed by atoms with Gasteiger partial charge in [0.2, 0.25) is 0 Å². The van der Waals surface area contributed by atoms with Gasteiger partial charge in [0.1, 0.15) is 0 Å². The van der Waals surface area contributed by atoms with Gasteiger partial charge in [0.05, 0.1) is 0 Å². The SMILES string of the molecule is O=C(c1ccncc1)N1CCC(Cn2cccn2)CC1. The van der Waals surface area contributed by atoms with Gasteiger partial charge >= 0.3 is 0 Å². The predicted molar refractivity (Wildman–Crippen MR) is 75.1 cm³/mol. The maximum Gasteiger partial charge on any atom is 0.253 e. The van der Waals surface area contributed by atoms with Crippen LogP contribution in [-0.2, 0) is 6.54 Å². The average Bonchev–Trinajstić information content (AvgIpc) is 3.01. The fourth-order valence-electron chi connectivity index (χ4n) is 2.67. The third kappa shape index (κ3) is 2.87. The van der Waals surface area contributed by atoms with Gasteiger partial charge in [0, 0.05) is 50.0 Å². The zero-order valence-corrected chi connectivity index (χ0v) is 11.4. The topological polar surface area (TPSA) is 51.0 Å². The molecule has 5 nitrogen and oxygen atoms in total. The highest BCUT2D eigenvalue weighted by Gasteiger charge is 2.23. The number of pyridine rings is 1. The molecule has 3 heterocycles. The summed E-state index contributed by atoms with van der Waals surface area (Å²) >= 11 is 0. The highest BCUT2D eigenvalue weighted by atomic mass is 16.2. The number of carbonyl (C=O) groups is 1. The third-order valence-corrected chi connectivity index (χ3v) is 3.83. The summed E-state index contributed by atoms with van der Waals surface area (Å²) in [5.74, 6) is 0.723. The number of carbonyl (C=O) groups excluding carboxylic acids is 1. The Morgan fingerprint density at radius 2 is 1.95 bits per heavy atom. The molecule has 104 valence electrons. The number of hydrogen-bond donors (Lipinski definition) is 0. The Labute approximate surface area is 118 Å². The summed E-state index contributed by atoms with van der Waals surface area (Å²) in [5.41, 5.74) is 0.727. The first kappa shape index (κ1) is 12.8. The van der Waals surface area contributed by atoms with Crippen molar-refractivity contribution in [2.24, 2.45) is 5.92 Å². The molecule has 0 spiro atoms. The van der Waals surface area contributed by atoms with Gasteiger partial charge in [0.25, 0.3) is 5.91 Å². The fourth-order valence-corrected chi connectivity index (χ4v) is 2.67. The van der Waals surface area contributed by atoms with Crippen molar-refractivity contribution in [1.29, 1.82) is 0 Å². The van der Waals surface area contributed by atoms with Gasteiger partial charge in [-0.2, -0.15) is 5.10 Å². The monoisotopic (exact) mass is 270 g/mol. The van der Waals surface area contributed by atoms with E-state index in [1.54, 1.807) is 24.5 Å². The quantitative estimate of drug-likeness (QED) is 0.855. The highest BCUT2D eigenvalue weighted by Crippen LogP contribution is 2.20. The van der Waals surface area contributed by atoms with Crippen molar-refractivity contribution >= 4 is 5.91 Å². The zero-order chi connectivity index (χ0) is 13.8. The summed E-state index contributed by atoms with van der Waals surface area (Å²) < 4.78 is 1.98. The Morgan fingerprint density at radius 1 is 1.20 bits per heavy atom. The molecule has 3 rings (SSSR count). The molecule has 0 aromatic carbocycles. The normalized spacial score (nSPS) is 16.3. The number of likely N-dealkylation sites (tertiary alicyclic amines) is 1. The third-order valence-electron chi connectivity index (χ3n) is 3.83. The van der Waals surface area contributed by atoms with E-state index in [-0.39, 0.29) is 5.91 Å². The van der Waals surface area contributed by atoms with E-state index in [0.717, 1.165) is 38.0 Å². The molecule has 20 heavy (non-hydrogen) atoms. The number of amides is 1. The molecule has 0 N–H and O–H groups in total. The van der Waals surface area contributed by atoms with Gasteiger partial charge in [-0.25, -0.2) is 0 Å². The van der Waals surface area contributed by atoms with Crippen molar-refractivity contribution < 1.29 is 4.79 Å². The maximum absolute atomic E-state index is 12.3. The summed E-state index contributed by atoms with van der Waals surface area (Å²) in [6.07, 6.45) is 9.21. The minimum atomic E-state index is 0.116. The molecular formula is C15H18N4O. The lowest BCUT2D eigenvalue weighted by Gasteiger charge is -2.32. The van der Waals surface area contributed by atoms with Crippen LogP contribution in [0.15, 0.2) is 43.0 Å². The number of nitrogens with zero attached hydrogens (tertiary/aromatic N) is 4. The van der Waals surface area contributed by atoms with Crippen LogP contribution in [0.5, 0.6) is 0 Å². The molecule has 1 saturated heterocycles. The highest BCUT2D eigenvalue weighted by molar-refractivity contribution is 5.94. The maximum atomic E-state index is 12.3. The first-order valence-corrected chi connectivity index (χ1v) is 6.99. The molecule has 0 radical (unpaired) electrons. The van der Waals surface area contributed by atoms with Crippen LogP contribution in [0.4, 0.5) is 0 Å². The molecule has 5 heteroatoms. The predicted octanol–water partition coefficient (Wildman–Crippen LogP) is 1.83. The second-order valence-electron chi connectivity index (χ2n) is 5.20. The molecule has 2 aromatic heterocycles. The summed E-state index contributed by atoms with van der Waals surface area (Å²) in [5, 5.41) is 4.24. The van der Waals surface area contributed by atoms with Gasteiger partial charge in [-0.1, -0.05) is 0 Å². The first-order valence-electron chi connectivity index (χ1n) is 6.99. The van der Waals surface area contributed by atoms with E-state index in [2.05, 4.69) is 10.1 Å². The molecule has 0 aliphatic carbocycles. The van der Waals surface area contributed by atoms with E-state index in [1.165, 1.54) is 0 Å². The molecule has 1 aliphatic heterocycles. The lowest BCUT2D eigenvalue weighted by Crippen LogP contribution is -2.39. The van der Waals surface area contributed by atoms with Crippen molar-refractivity contribution in [3.8, 4) is 0 Å². The number of aromatic nitrogens is 3. The molecule has 2 aromatic rings. The van der Waals surface area contributed by atoms with Crippen LogP contribution >= 0.6 is 0 Å². The minimum absolute atomic E-state index is 0.116. The van der Waals surface area contributed by atoms with E-state index in [0.29, 0.717) is 5.92 Å². The van der Waals surface area contributed by atoms with Crippen LogP contribution in [0, 0.1) is 5.92 Å². The minimum Gasteiger partial charge on any atom is -0.339 e. The Hall–Kier alpha value is -2.17. The second kappa shape index (κ2) is 5.86. The second-order valence-corrected chi connectivity index (χ2v) is 5.20. The van der Waals surface area contributed by atoms with E-state index < -0.39 is 0 Å². The molecule has 1 fully saturated rings. The summed E-state index contributed by atoms with van der Waals surface area (Å²) in [7, 11) is 0. The van der Waals surface area contributed by atoms with Crippen molar-refractivity contribution in [2.45, 2.75) is 19.4 Å². The standard InChI is InChI=1S/C15H18N4O/c20-15(14-2-7-16-8-3-14)18-10-4-13(5-11-18)12-19-9-1-6-17-19/h1-3,6-9,13H,4-5,10-12H2. The lowest BCUT2D eigenvalue weighted by atomic mass is 9.96. The summed E-state index contributed by atoms with van der Waals surface area (Å²) in [6, 6.07) is 5.50. The van der Waals surface area contributed by atoms with Crippen molar-refractivity contribution in [3.63, 3.8) is 0 Å². The zero-order valence-electron chi connectivity index (χ0n) is 11.4. The largest absolute Gasteiger partial charge is 0.339 e. The molecule has 0 unspecified atom stereocenters. The van der Waals surface area contributed by atoms with E-state index >= 15 is 0 Å². The van der Waals surface area contributed by atoms with E-state index in [1.807, 2.05) is 28.0 Å². The molecule has 0 saturated carbocycles. The van der Waals surface area contributed by atoms with Crippen LogP contribution < -0.4 is 0 Å². The Bertz CT molecular complexity index is 545. The van der Waals surface area contributed by atoms with Crippen LogP contribution in [0.2, 0.25) is 0 Å². The number of piperidine rings is 1. The van der Waals surface area contributed by atoms with Gasteiger partial charge in [0.15, 0.2) is 0 Å². The molecule has 0 bridgehead atoms. The molecule has 0 atom stereocenters. The van der Waals surface area contributed by atoms with Crippen LogP contribution in [-0.4, -0.2) is 38.7 Å². The summed E-state index contributed by atoms with van der Waals surface area (Å²) in [6.45, 7) is 2.60. The van der Waals surface area contributed by atoms with Crippen LogP contribution in [0.1, 0.15) is 23.2 Å². The van der Waals surface area contributed by atoms with Crippen LogP contribution in [0.25, 0.3) is 0 Å². The number of rotatable bonds is 3. The first-order chi connectivity index (χ1) is 9.83. The Balaban J connectivity index is 1.55. The number of hydrogen-bond acceptors (Lipinski definition) is 3.